The van der Waals surface area contributed by atoms with Crippen molar-refractivity contribution in [2.24, 2.45) is 0 Å². The van der Waals surface area contributed by atoms with Crippen molar-refractivity contribution in [3.05, 3.63) is 0 Å². The van der Waals surface area contributed by atoms with Crippen molar-refractivity contribution in [1.82, 2.24) is 0 Å². The Balaban J connectivity index is 3.90. The fraction of sp³-hybridized carbons (Fsp3) is 0.920. The first-order chi connectivity index (χ1) is 14.3. The predicted octanol–water partition coefficient (Wildman–Crippen LogP) is 5.01. The van der Waals surface area contributed by atoms with Crippen molar-refractivity contribution < 1.29 is 23.9 Å². The summed E-state index contributed by atoms with van der Waals surface area (Å²) in [6.07, 6.45) is 18.3. The molecule has 0 amide bonds. The summed E-state index contributed by atoms with van der Waals surface area (Å²) in [5.74, 6) is -1.19. The maximum absolute atomic E-state index is 11.5. The van der Waals surface area contributed by atoms with Crippen LogP contribution in [-0.2, 0) is 14.3 Å². The summed E-state index contributed by atoms with van der Waals surface area (Å²) >= 11 is 0. The minimum atomic E-state index is -0.981. The summed E-state index contributed by atoms with van der Waals surface area (Å²) in [6.45, 7) is 5.40. The molecule has 0 saturated heterocycles. The molecule has 0 aromatic heterocycles. The van der Waals surface area contributed by atoms with Gasteiger partial charge in [0.05, 0.1) is 20.6 Å². The SMILES string of the molecule is CCCCCCCCCCCCCCC(C[N+](C)(C)CCCCC(=O)[O-])OC(C)=O. The molecule has 30 heavy (non-hydrogen) atoms. The van der Waals surface area contributed by atoms with Gasteiger partial charge in [-0.25, -0.2) is 0 Å². The highest BCUT2D eigenvalue weighted by Crippen LogP contribution is 2.16. The monoisotopic (exact) mass is 427 g/mol. The molecule has 1 unspecified atom stereocenters. The van der Waals surface area contributed by atoms with E-state index in [1.807, 2.05) is 0 Å². The molecule has 0 fully saturated rings. The third kappa shape index (κ3) is 20.2. The second kappa shape index (κ2) is 18.7. The van der Waals surface area contributed by atoms with Crippen LogP contribution in [0.25, 0.3) is 0 Å². The van der Waals surface area contributed by atoms with E-state index in [1.165, 1.54) is 77.6 Å². The Morgan fingerprint density at radius 2 is 1.30 bits per heavy atom. The molecule has 0 N–H and O–H groups in total. The molecule has 0 aliphatic carbocycles. The maximum Gasteiger partial charge on any atom is 0.303 e. The Kier molecular flexibility index (Phi) is 18.0. The van der Waals surface area contributed by atoms with Gasteiger partial charge in [-0.05, 0) is 32.1 Å². The van der Waals surface area contributed by atoms with Crippen LogP contribution in [0.4, 0.5) is 0 Å². The third-order valence-corrected chi connectivity index (χ3v) is 5.80. The van der Waals surface area contributed by atoms with Gasteiger partial charge >= 0.3 is 5.97 Å². The van der Waals surface area contributed by atoms with Gasteiger partial charge in [0.2, 0.25) is 0 Å². The van der Waals surface area contributed by atoms with Crippen LogP contribution in [0.2, 0.25) is 0 Å². The van der Waals surface area contributed by atoms with E-state index >= 15 is 0 Å². The van der Waals surface area contributed by atoms with Gasteiger partial charge < -0.3 is 19.1 Å². The van der Waals surface area contributed by atoms with E-state index in [9.17, 15) is 14.7 Å². The number of quaternary nitrogens is 1. The molecular formula is C25H49NO4. The average Bonchev–Trinajstić information content (AvgIpc) is 2.65. The highest BCUT2D eigenvalue weighted by Gasteiger charge is 2.23. The predicted molar refractivity (Wildman–Crippen MR) is 122 cm³/mol. The zero-order chi connectivity index (χ0) is 22.7. The standard InChI is InChI=1S/C25H49NO4/c1-5-6-7-8-9-10-11-12-13-14-15-16-19-24(30-23(2)27)22-26(3,4)21-18-17-20-25(28)29/h24H,5-22H2,1-4H3. The highest BCUT2D eigenvalue weighted by molar-refractivity contribution is 5.66. The van der Waals surface area contributed by atoms with Crippen molar-refractivity contribution in [2.75, 3.05) is 27.2 Å². The normalized spacial score (nSPS) is 12.7. The number of carboxylic acids is 1. The number of nitrogens with zero attached hydrogens (tertiary/aromatic N) is 1. The maximum atomic E-state index is 11.5. The molecule has 0 radical (unpaired) electrons. The molecular weight excluding hydrogens is 378 g/mol. The van der Waals surface area contributed by atoms with Gasteiger partial charge in [-0.3, -0.25) is 4.79 Å². The topological polar surface area (TPSA) is 66.4 Å². The quantitative estimate of drug-likeness (QED) is 0.147. The molecule has 0 aromatic rings. The Bertz CT molecular complexity index is 437. The van der Waals surface area contributed by atoms with E-state index in [1.54, 1.807) is 0 Å². The molecule has 0 aliphatic rings. The first kappa shape index (κ1) is 28.9. The van der Waals surface area contributed by atoms with E-state index in [4.69, 9.17) is 4.74 Å². The lowest BCUT2D eigenvalue weighted by atomic mass is 10.0. The number of rotatable bonds is 21. The number of carboxylic acid groups (broad SMARTS) is 1. The Hall–Kier alpha value is -1.10. The Labute approximate surface area is 186 Å². The van der Waals surface area contributed by atoms with Crippen molar-refractivity contribution >= 4 is 11.9 Å². The van der Waals surface area contributed by atoms with Crippen LogP contribution in [0.5, 0.6) is 0 Å². The molecule has 178 valence electrons. The second-order valence-electron chi connectivity index (χ2n) is 9.58. The number of aliphatic carboxylic acids is 1. The Morgan fingerprint density at radius 3 is 1.77 bits per heavy atom. The molecule has 0 spiro atoms. The summed E-state index contributed by atoms with van der Waals surface area (Å²) in [5, 5.41) is 10.5. The van der Waals surface area contributed by atoms with Crippen LogP contribution in [0.3, 0.4) is 0 Å². The molecule has 0 saturated carbocycles. The molecule has 0 aliphatic heterocycles. The molecule has 0 bridgehead atoms. The van der Waals surface area contributed by atoms with Gasteiger partial charge in [0.15, 0.2) is 6.10 Å². The summed E-state index contributed by atoms with van der Waals surface area (Å²) in [5.41, 5.74) is 0. The van der Waals surface area contributed by atoms with Gasteiger partial charge in [-0.2, -0.15) is 0 Å². The van der Waals surface area contributed by atoms with Gasteiger partial charge in [0.25, 0.3) is 0 Å². The van der Waals surface area contributed by atoms with Gasteiger partial charge in [0.1, 0.15) is 6.54 Å². The van der Waals surface area contributed by atoms with E-state index < -0.39 is 5.97 Å². The zero-order valence-corrected chi connectivity index (χ0v) is 20.4. The number of ether oxygens (including phenoxy) is 1. The molecule has 1 atom stereocenters. The average molecular weight is 428 g/mol. The van der Waals surface area contributed by atoms with Crippen LogP contribution in [-0.4, -0.2) is 49.7 Å². The van der Waals surface area contributed by atoms with Gasteiger partial charge in [0, 0.05) is 12.9 Å². The lowest BCUT2D eigenvalue weighted by molar-refractivity contribution is -0.893. The number of hydrogen-bond donors (Lipinski definition) is 0. The molecule has 0 aromatic carbocycles. The second-order valence-corrected chi connectivity index (χ2v) is 9.58. The summed E-state index contributed by atoms with van der Waals surface area (Å²) in [7, 11) is 4.25. The highest BCUT2D eigenvalue weighted by atomic mass is 16.5. The van der Waals surface area contributed by atoms with Crippen molar-refractivity contribution in [2.45, 2.75) is 123 Å². The van der Waals surface area contributed by atoms with Gasteiger partial charge in [-0.1, -0.05) is 77.6 Å². The fourth-order valence-corrected chi connectivity index (χ4v) is 4.09. The molecule has 0 rings (SSSR count). The van der Waals surface area contributed by atoms with E-state index in [0.29, 0.717) is 6.42 Å². The number of unbranched alkanes of at least 4 members (excludes halogenated alkanes) is 12. The number of carbonyl (C=O) groups is 2. The van der Waals surface area contributed by atoms with E-state index in [2.05, 4.69) is 21.0 Å². The summed E-state index contributed by atoms with van der Waals surface area (Å²) in [4.78, 5) is 22.0. The van der Waals surface area contributed by atoms with Crippen molar-refractivity contribution in [1.29, 1.82) is 0 Å². The van der Waals surface area contributed by atoms with Crippen molar-refractivity contribution in [3.8, 4) is 0 Å². The van der Waals surface area contributed by atoms with E-state index in [-0.39, 0.29) is 18.5 Å². The first-order valence-corrected chi connectivity index (χ1v) is 12.5. The largest absolute Gasteiger partial charge is 0.550 e. The zero-order valence-electron chi connectivity index (χ0n) is 20.4. The molecule has 5 nitrogen and oxygen atoms in total. The summed E-state index contributed by atoms with van der Waals surface area (Å²) < 4.78 is 6.31. The third-order valence-electron chi connectivity index (χ3n) is 5.80. The molecule has 5 heteroatoms. The smallest absolute Gasteiger partial charge is 0.303 e. The minimum absolute atomic E-state index is 0.0539. The first-order valence-electron chi connectivity index (χ1n) is 12.5. The lowest BCUT2D eigenvalue weighted by Gasteiger charge is -2.33. The van der Waals surface area contributed by atoms with Crippen LogP contribution in [0, 0.1) is 0 Å². The fourth-order valence-electron chi connectivity index (χ4n) is 4.09. The number of hydrogen-bond acceptors (Lipinski definition) is 4. The minimum Gasteiger partial charge on any atom is -0.550 e. The number of esters is 1. The van der Waals surface area contributed by atoms with Gasteiger partial charge in [-0.15, -0.1) is 0 Å². The van der Waals surface area contributed by atoms with Crippen LogP contribution in [0.1, 0.15) is 117 Å². The van der Waals surface area contributed by atoms with Crippen LogP contribution in [0.15, 0.2) is 0 Å². The number of likely N-dealkylation sites (N-methyl/N-ethyl adjacent to an activating group) is 1. The van der Waals surface area contributed by atoms with Crippen LogP contribution >= 0.6 is 0 Å². The lowest BCUT2D eigenvalue weighted by Crippen LogP contribution is -2.47. The molecule has 0 heterocycles. The Morgan fingerprint density at radius 1 is 0.800 bits per heavy atom. The number of carbonyl (C=O) groups excluding carboxylic acids is 2. The summed E-state index contributed by atoms with van der Waals surface area (Å²) in [6, 6.07) is 0. The van der Waals surface area contributed by atoms with Crippen LogP contribution < -0.4 is 5.11 Å². The van der Waals surface area contributed by atoms with E-state index in [0.717, 1.165) is 36.8 Å². The van der Waals surface area contributed by atoms with Crippen molar-refractivity contribution in [3.63, 3.8) is 0 Å².